The summed E-state index contributed by atoms with van der Waals surface area (Å²) in [7, 11) is 0. The molecule has 2 amide bonds. The van der Waals surface area contributed by atoms with Crippen LogP contribution in [-0.2, 0) is 9.59 Å². The molecule has 1 aromatic rings. The molecule has 0 aliphatic heterocycles. The molecule has 1 atom stereocenters. The molecule has 0 saturated heterocycles. The zero-order chi connectivity index (χ0) is 15.3. The van der Waals surface area contributed by atoms with E-state index in [0.717, 1.165) is 5.56 Å². The molecule has 5 nitrogen and oxygen atoms in total. The number of carbonyl (C=O) groups is 2. The van der Waals surface area contributed by atoms with Crippen LogP contribution in [0.25, 0.3) is 0 Å². The fraction of sp³-hybridized carbons (Fsp3) is 0.429. The molecular formula is C14H19ClN2O3. The van der Waals surface area contributed by atoms with E-state index in [2.05, 4.69) is 10.6 Å². The summed E-state index contributed by atoms with van der Waals surface area (Å²) < 4.78 is 0. The molecule has 0 spiro atoms. The maximum absolute atomic E-state index is 11.7. The Morgan fingerprint density at radius 3 is 2.55 bits per heavy atom. The molecule has 0 unspecified atom stereocenters. The topological polar surface area (TPSA) is 78.4 Å². The molecule has 0 aliphatic carbocycles. The zero-order valence-electron chi connectivity index (χ0n) is 11.8. The summed E-state index contributed by atoms with van der Waals surface area (Å²) >= 11 is 5.96. The number of benzene rings is 1. The second kappa shape index (κ2) is 6.72. The highest BCUT2D eigenvalue weighted by atomic mass is 35.5. The van der Waals surface area contributed by atoms with Crippen molar-refractivity contribution in [3.63, 3.8) is 0 Å². The third kappa shape index (κ3) is 4.83. The van der Waals surface area contributed by atoms with Crippen molar-refractivity contribution in [3.8, 4) is 0 Å². The third-order valence-electron chi connectivity index (χ3n) is 2.97. The molecule has 0 bridgehead atoms. The van der Waals surface area contributed by atoms with Crippen LogP contribution >= 0.6 is 11.6 Å². The van der Waals surface area contributed by atoms with Gasteiger partial charge >= 0.3 is 11.8 Å². The van der Waals surface area contributed by atoms with Crippen LogP contribution in [0.2, 0.25) is 5.02 Å². The van der Waals surface area contributed by atoms with Crippen molar-refractivity contribution < 1.29 is 14.7 Å². The predicted molar refractivity (Wildman–Crippen MR) is 78.7 cm³/mol. The molecule has 0 radical (unpaired) electrons. The Hall–Kier alpha value is -1.59. The van der Waals surface area contributed by atoms with Gasteiger partial charge in [0.05, 0.1) is 16.3 Å². The molecule has 20 heavy (non-hydrogen) atoms. The van der Waals surface area contributed by atoms with Crippen LogP contribution in [0.3, 0.4) is 0 Å². The average molecular weight is 299 g/mol. The van der Waals surface area contributed by atoms with Gasteiger partial charge in [-0.25, -0.2) is 0 Å². The van der Waals surface area contributed by atoms with Crippen LogP contribution in [-0.4, -0.2) is 29.1 Å². The summed E-state index contributed by atoms with van der Waals surface area (Å²) in [6, 6.07) is 5.10. The van der Waals surface area contributed by atoms with Gasteiger partial charge in [-0.05, 0) is 38.0 Å². The number of anilines is 1. The zero-order valence-corrected chi connectivity index (χ0v) is 12.5. The first-order chi connectivity index (χ1) is 9.25. The summed E-state index contributed by atoms with van der Waals surface area (Å²) in [6.07, 6.45) is 0.471. The minimum Gasteiger partial charge on any atom is -0.388 e. The monoisotopic (exact) mass is 298 g/mol. The van der Waals surface area contributed by atoms with Crippen molar-refractivity contribution in [3.05, 3.63) is 28.8 Å². The van der Waals surface area contributed by atoms with Gasteiger partial charge in [0.2, 0.25) is 0 Å². The number of hydrogen-bond donors (Lipinski definition) is 3. The summed E-state index contributed by atoms with van der Waals surface area (Å²) in [5, 5.41) is 14.9. The normalized spacial score (nSPS) is 13.4. The molecule has 110 valence electrons. The smallest absolute Gasteiger partial charge is 0.313 e. The Balaban J connectivity index is 2.60. The highest BCUT2D eigenvalue weighted by Gasteiger charge is 2.21. The van der Waals surface area contributed by atoms with Crippen LogP contribution in [0.5, 0.6) is 0 Å². The maximum atomic E-state index is 11.7. The maximum Gasteiger partial charge on any atom is 0.313 e. The Bertz CT molecular complexity index is 515. The van der Waals surface area contributed by atoms with E-state index in [0.29, 0.717) is 17.1 Å². The second-order valence-corrected chi connectivity index (χ2v) is 5.38. The number of hydrogen-bond acceptors (Lipinski definition) is 3. The fourth-order valence-corrected chi connectivity index (χ4v) is 1.66. The van der Waals surface area contributed by atoms with Crippen LogP contribution in [0.1, 0.15) is 25.8 Å². The molecule has 0 saturated carbocycles. The van der Waals surface area contributed by atoms with E-state index >= 15 is 0 Å². The molecule has 1 rings (SSSR count). The first-order valence-electron chi connectivity index (χ1n) is 6.33. The predicted octanol–water partition coefficient (Wildman–Crippen LogP) is 1.86. The number of aryl methyl sites for hydroxylation is 1. The van der Waals surface area contributed by atoms with Gasteiger partial charge in [0, 0.05) is 6.54 Å². The van der Waals surface area contributed by atoms with Crippen molar-refractivity contribution in [1.82, 2.24) is 5.32 Å². The molecule has 3 N–H and O–H groups in total. The van der Waals surface area contributed by atoms with E-state index in [1.54, 1.807) is 32.0 Å². The molecule has 1 aromatic carbocycles. The summed E-state index contributed by atoms with van der Waals surface area (Å²) in [4.78, 5) is 23.3. The third-order valence-corrected chi connectivity index (χ3v) is 3.28. The highest BCUT2D eigenvalue weighted by molar-refractivity contribution is 6.41. The minimum atomic E-state index is -1.03. The summed E-state index contributed by atoms with van der Waals surface area (Å²) in [5.74, 6) is -1.63. The lowest BCUT2D eigenvalue weighted by Gasteiger charge is -2.21. The Kier molecular flexibility index (Phi) is 5.53. The largest absolute Gasteiger partial charge is 0.388 e. The summed E-state index contributed by atoms with van der Waals surface area (Å²) in [5.41, 5.74) is 0.299. The number of aliphatic hydroxyl groups is 1. The van der Waals surface area contributed by atoms with E-state index in [1.807, 2.05) is 6.92 Å². The van der Waals surface area contributed by atoms with Crippen molar-refractivity contribution in [2.75, 3.05) is 11.9 Å². The van der Waals surface area contributed by atoms with E-state index in [-0.39, 0.29) is 6.54 Å². The van der Waals surface area contributed by atoms with Crippen LogP contribution in [0.4, 0.5) is 5.69 Å². The lowest BCUT2D eigenvalue weighted by Crippen LogP contribution is -2.44. The average Bonchev–Trinajstić information content (AvgIpc) is 2.39. The quantitative estimate of drug-likeness (QED) is 0.743. The lowest BCUT2D eigenvalue weighted by molar-refractivity contribution is -0.136. The minimum absolute atomic E-state index is 0.0113. The first-order valence-corrected chi connectivity index (χ1v) is 6.70. The van der Waals surface area contributed by atoms with Gasteiger partial charge in [-0.15, -0.1) is 0 Å². The van der Waals surface area contributed by atoms with Gasteiger partial charge in [-0.3, -0.25) is 9.59 Å². The molecule has 0 aliphatic rings. The molecular weight excluding hydrogens is 280 g/mol. The lowest BCUT2D eigenvalue weighted by atomic mass is 10.0. The van der Waals surface area contributed by atoms with Gasteiger partial charge in [-0.1, -0.05) is 24.6 Å². The number of nitrogens with one attached hydrogen (secondary N) is 2. The Labute approximate surface area is 123 Å². The van der Waals surface area contributed by atoms with Crippen LogP contribution in [0, 0.1) is 6.92 Å². The number of halogens is 1. The van der Waals surface area contributed by atoms with Crippen molar-refractivity contribution in [1.29, 1.82) is 0 Å². The van der Waals surface area contributed by atoms with Crippen molar-refractivity contribution >= 4 is 29.1 Å². The van der Waals surface area contributed by atoms with E-state index in [4.69, 9.17) is 11.6 Å². The van der Waals surface area contributed by atoms with Gasteiger partial charge in [0.15, 0.2) is 0 Å². The molecule has 0 fully saturated rings. The van der Waals surface area contributed by atoms with Crippen LogP contribution in [0.15, 0.2) is 18.2 Å². The number of amides is 2. The second-order valence-electron chi connectivity index (χ2n) is 4.97. The van der Waals surface area contributed by atoms with E-state index in [1.165, 1.54) is 0 Å². The molecule has 0 heterocycles. The molecule has 6 heteroatoms. The van der Waals surface area contributed by atoms with Gasteiger partial charge in [0.25, 0.3) is 0 Å². The van der Waals surface area contributed by atoms with Crippen molar-refractivity contribution in [2.24, 2.45) is 0 Å². The SMILES string of the molecule is CC[C@](C)(O)CNC(=O)C(=O)Nc1ccc(C)cc1Cl. The van der Waals surface area contributed by atoms with E-state index < -0.39 is 17.4 Å². The fourth-order valence-electron chi connectivity index (χ4n) is 1.38. The van der Waals surface area contributed by atoms with Crippen molar-refractivity contribution in [2.45, 2.75) is 32.8 Å². The van der Waals surface area contributed by atoms with Gasteiger partial charge in [-0.2, -0.15) is 0 Å². The standard InChI is InChI=1S/C14H19ClN2O3/c1-4-14(3,20)8-16-12(18)13(19)17-11-6-5-9(2)7-10(11)15/h5-7,20H,4,8H2,1-3H3,(H,16,18)(H,17,19)/t14-/m0/s1. The van der Waals surface area contributed by atoms with Crippen LogP contribution < -0.4 is 10.6 Å². The first kappa shape index (κ1) is 16.5. The Morgan fingerprint density at radius 2 is 2.00 bits per heavy atom. The Morgan fingerprint density at radius 1 is 1.35 bits per heavy atom. The highest BCUT2D eigenvalue weighted by Crippen LogP contribution is 2.22. The number of rotatable bonds is 4. The number of carbonyl (C=O) groups excluding carboxylic acids is 2. The summed E-state index contributed by atoms with van der Waals surface area (Å²) in [6.45, 7) is 5.26. The van der Waals surface area contributed by atoms with E-state index in [9.17, 15) is 14.7 Å². The molecule has 0 aromatic heterocycles. The van der Waals surface area contributed by atoms with Gasteiger partial charge < -0.3 is 15.7 Å². The van der Waals surface area contributed by atoms with Gasteiger partial charge in [0.1, 0.15) is 0 Å².